The van der Waals surface area contributed by atoms with Crippen molar-refractivity contribution in [3.63, 3.8) is 0 Å². The normalized spacial score (nSPS) is 12.6. The fourth-order valence-corrected chi connectivity index (χ4v) is 1.18. The SMILES string of the molecule is CCOc1ccc(OCC(N)C(C)C)cc1. The van der Waals surface area contributed by atoms with E-state index in [9.17, 15) is 0 Å². The summed E-state index contributed by atoms with van der Waals surface area (Å²) in [5, 5.41) is 0. The second-order valence-corrected chi connectivity index (χ2v) is 4.12. The van der Waals surface area contributed by atoms with Gasteiger partial charge in [0.25, 0.3) is 0 Å². The molecular formula is C13H21NO2. The molecular weight excluding hydrogens is 202 g/mol. The van der Waals surface area contributed by atoms with Crippen molar-refractivity contribution in [2.75, 3.05) is 13.2 Å². The van der Waals surface area contributed by atoms with Gasteiger partial charge in [-0.05, 0) is 37.1 Å². The van der Waals surface area contributed by atoms with Crippen molar-refractivity contribution in [3.8, 4) is 11.5 Å². The van der Waals surface area contributed by atoms with Crippen molar-refractivity contribution in [3.05, 3.63) is 24.3 Å². The summed E-state index contributed by atoms with van der Waals surface area (Å²) in [7, 11) is 0. The molecule has 0 aliphatic heterocycles. The molecule has 16 heavy (non-hydrogen) atoms. The van der Waals surface area contributed by atoms with Gasteiger partial charge in [-0.15, -0.1) is 0 Å². The van der Waals surface area contributed by atoms with Crippen LogP contribution in [0.4, 0.5) is 0 Å². The van der Waals surface area contributed by atoms with Gasteiger partial charge >= 0.3 is 0 Å². The molecule has 0 aliphatic rings. The van der Waals surface area contributed by atoms with Crippen LogP contribution in [0, 0.1) is 5.92 Å². The highest BCUT2D eigenvalue weighted by molar-refractivity contribution is 5.31. The molecule has 3 nitrogen and oxygen atoms in total. The first-order chi connectivity index (χ1) is 7.63. The van der Waals surface area contributed by atoms with Crippen molar-refractivity contribution in [2.45, 2.75) is 26.8 Å². The predicted molar refractivity (Wildman–Crippen MR) is 65.9 cm³/mol. The molecule has 1 unspecified atom stereocenters. The second kappa shape index (κ2) is 6.38. The van der Waals surface area contributed by atoms with Gasteiger partial charge in [-0.1, -0.05) is 13.8 Å². The molecule has 0 aromatic heterocycles. The minimum Gasteiger partial charge on any atom is -0.494 e. The molecule has 2 N–H and O–H groups in total. The molecule has 3 heteroatoms. The van der Waals surface area contributed by atoms with Gasteiger partial charge in [0.2, 0.25) is 0 Å². The third kappa shape index (κ3) is 4.11. The molecule has 0 aliphatic carbocycles. The molecule has 0 radical (unpaired) electrons. The van der Waals surface area contributed by atoms with Gasteiger partial charge in [0.15, 0.2) is 0 Å². The summed E-state index contributed by atoms with van der Waals surface area (Å²) < 4.78 is 10.9. The average Bonchev–Trinajstić information content (AvgIpc) is 2.28. The van der Waals surface area contributed by atoms with Crippen LogP contribution in [0.3, 0.4) is 0 Å². The zero-order chi connectivity index (χ0) is 12.0. The second-order valence-electron chi connectivity index (χ2n) is 4.12. The van der Waals surface area contributed by atoms with E-state index in [2.05, 4.69) is 13.8 Å². The zero-order valence-corrected chi connectivity index (χ0v) is 10.3. The molecule has 0 heterocycles. The van der Waals surface area contributed by atoms with Crippen LogP contribution < -0.4 is 15.2 Å². The first-order valence-corrected chi connectivity index (χ1v) is 5.74. The van der Waals surface area contributed by atoms with E-state index in [4.69, 9.17) is 15.2 Å². The number of ether oxygens (including phenoxy) is 2. The van der Waals surface area contributed by atoms with E-state index < -0.39 is 0 Å². The summed E-state index contributed by atoms with van der Waals surface area (Å²) in [6.45, 7) is 7.37. The summed E-state index contributed by atoms with van der Waals surface area (Å²) in [5.74, 6) is 2.13. The Balaban J connectivity index is 2.43. The molecule has 0 bridgehead atoms. The van der Waals surface area contributed by atoms with E-state index >= 15 is 0 Å². The Morgan fingerprint density at radius 3 is 2.00 bits per heavy atom. The van der Waals surface area contributed by atoms with Crippen LogP contribution in [0.1, 0.15) is 20.8 Å². The third-order valence-corrected chi connectivity index (χ3v) is 2.43. The summed E-state index contributed by atoms with van der Waals surface area (Å²) >= 11 is 0. The standard InChI is InChI=1S/C13H21NO2/c1-4-15-11-5-7-12(8-6-11)16-9-13(14)10(2)3/h5-8,10,13H,4,9,14H2,1-3H3. The van der Waals surface area contributed by atoms with E-state index in [1.165, 1.54) is 0 Å². The Hall–Kier alpha value is -1.22. The van der Waals surface area contributed by atoms with Gasteiger partial charge in [0.1, 0.15) is 18.1 Å². The highest BCUT2D eigenvalue weighted by Crippen LogP contribution is 2.17. The Morgan fingerprint density at radius 1 is 1.06 bits per heavy atom. The van der Waals surface area contributed by atoms with E-state index in [-0.39, 0.29) is 6.04 Å². The van der Waals surface area contributed by atoms with Gasteiger partial charge < -0.3 is 15.2 Å². The topological polar surface area (TPSA) is 44.5 Å². The zero-order valence-electron chi connectivity index (χ0n) is 10.3. The van der Waals surface area contributed by atoms with Crippen LogP contribution in [0.25, 0.3) is 0 Å². The minimum atomic E-state index is 0.0755. The molecule has 1 atom stereocenters. The summed E-state index contributed by atoms with van der Waals surface area (Å²) in [5.41, 5.74) is 5.89. The van der Waals surface area contributed by atoms with Crippen LogP contribution in [-0.4, -0.2) is 19.3 Å². The summed E-state index contributed by atoms with van der Waals surface area (Å²) in [4.78, 5) is 0. The van der Waals surface area contributed by atoms with Gasteiger partial charge in [-0.2, -0.15) is 0 Å². The van der Waals surface area contributed by atoms with Crippen molar-refractivity contribution >= 4 is 0 Å². The minimum absolute atomic E-state index is 0.0755. The van der Waals surface area contributed by atoms with Crippen molar-refractivity contribution < 1.29 is 9.47 Å². The van der Waals surface area contributed by atoms with Crippen molar-refractivity contribution in [1.29, 1.82) is 0 Å². The maximum absolute atomic E-state index is 5.89. The molecule has 1 aromatic carbocycles. The molecule has 0 fully saturated rings. The molecule has 1 rings (SSSR count). The summed E-state index contributed by atoms with van der Waals surface area (Å²) in [6.07, 6.45) is 0. The van der Waals surface area contributed by atoms with Gasteiger partial charge in [-0.25, -0.2) is 0 Å². The Bertz CT molecular complexity index is 295. The van der Waals surface area contributed by atoms with Crippen LogP contribution in [0.5, 0.6) is 11.5 Å². The number of benzene rings is 1. The molecule has 0 spiro atoms. The fraction of sp³-hybridized carbons (Fsp3) is 0.538. The third-order valence-electron chi connectivity index (χ3n) is 2.43. The van der Waals surface area contributed by atoms with E-state index in [1.807, 2.05) is 31.2 Å². The number of hydrogen-bond donors (Lipinski definition) is 1. The lowest BCUT2D eigenvalue weighted by molar-refractivity contribution is 0.259. The smallest absolute Gasteiger partial charge is 0.119 e. The van der Waals surface area contributed by atoms with Gasteiger partial charge in [-0.3, -0.25) is 0 Å². The molecule has 1 aromatic rings. The lowest BCUT2D eigenvalue weighted by atomic mass is 10.1. The van der Waals surface area contributed by atoms with Crippen molar-refractivity contribution in [1.82, 2.24) is 0 Å². The molecule has 0 saturated carbocycles. The first-order valence-electron chi connectivity index (χ1n) is 5.74. The highest BCUT2D eigenvalue weighted by atomic mass is 16.5. The lowest BCUT2D eigenvalue weighted by Crippen LogP contribution is -2.32. The predicted octanol–water partition coefficient (Wildman–Crippen LogP) is 2.45. The highest BCUT2D eigenvalue weighted by Gasteiger charge is 2.07. The van der Waals surface area contributed by atoms with Crippen LogP contribution >= 0.6 is 0 Å². The molecule has 90 valence electrons. The first kappa shape index (κ1) is 12.8. The largest absolute Gasteiger partial charge is 0.494 e. The van der Waals surface area contributed by atoms with Crippen LogP contribution in [0.15, 0.2) is 24.3 Å². The molecule has 0 saturated heterocycles. The monoisotopic (exact) mass is 223 g/mol. The van der Waals surface area contributed by atoms with E-state index in [0.717, 1.165) is 11.5 Å². The Kier molecular flexibility index (Phi) is 5.12. The number of nitrogens with two attached hydrogens (primary N) is 1. The maximum atomic E-state index is 5.89. The number of rotatable bonds is 6. The van der Waals surface area contributed by atoms with Crippen LogP contribution in [0.2, 0.25) is 0 Å². The Morgan fingerprint density at radius 2 is 1.56 bits per heavy atom. The number of hydrogen-bond acceptors (Lipinski definition) is 3. The fourth-order valence-electron chi connectivity index (χ4n) is 1.18. The van der Waals surface area contributed by atoms with Crippen LogP contribution in [-0.2, 0) is 0 Å². The Labute approximate surface area is 97.6 Å². The average molecular weight is 223 g/mol. The maximum Gasteiger partial charge on any atom is 0.119 e. The molecule has 0 amide bonds. The van der Waals surface area contributed by atoms with Gasteiger partial charge in [0, 0.05) is 6.04 Å². The lowest BCUT2D eigenvalue weighted by Gasteiger charge is -2.16. The quantitative estimate of drug-likeness (QED) is 0.805. The summed E-state index contributed by atoms with van der Waals surface area (Å²) in [6, 6.07) is 7.68. The van der Waals surface area contributed by atoms with Crippen molar-refractivity contribution in [2.24, 2.45) is 11.7 Å². The van der Waals surface area contributed by atoms with E-state index in [1.54, 1.807) is 0 Å². The van der Waals surface area contributed by atoms with E-state index in [0.29, 0.717) is 19.1 Å². The van der Waals surface area contributed by atoms with Gasteiger partial charge in [0.05, 0.1) is 6.61 Å².